The van der Waals surface area contributed by atoms with E-state index in [9.17, 15) is 4.79 Å². The Labute approximate surface area is 133 Å². The fraction of sp³-hybridized carbons (Fsp3) is 0.312. The number of carbonyl (C=O) groups is 1. The highest BCUT2D eigenvalue weighted by molar-refractivity contribution is 7.15. The van der Waals surface area contributed by atoms with Crippen LogP contribution in [0.1, 0.15) is 33.0 Å². The van der Waals surface area contributed by atoms with Gasteiger partial charge in [0.05, 0.1) is 5.69 Å². The van der Waals surface area contributed by atoms with E-state index in [0.717, 1.165) is 34.0 Å². The van der Waals surface area contributed by atoms with Crippen LogP contribution in [0, 0.1) is 20.8 Å². The first-order valence-corrected chi connectivity index (χ1v) is 8.07. The van der Waals surface area contributed by atoms with Crippen molar-refractivity contribution in [2.24, 2.45) is 0 Å². The molecule has 0 aliphatic rings. The van der Waals surface area contributed by atoms with Crippen molar-refractivity contribution in [2.45, 2.75) is 27.2 Å². The molecular formula is C16H18N4OS. The second kappa shape index (κ2) is 5.88. The molecule has 0 spiro atoms. The van der Waals surface area contributed by atoms with Crippen LogP contribution in [0.2, 0.25) is 0 Å². The van der Waals surface area contributed by atoms with Crippen molar-refractivity contribution in [3.8, 4) is 0 Å². The predicted octanol–water partition coefficient (Wildman–Crippen LogP) is 2.69. The number of rotatable bonds is 4. The molecule has 1 amide bonds. The Morgan fingerprint density at radius 1 is 1.23 bits per heavy atom. The lowest BCUT2D eigenvalue weighted by atomic mass is 10.1. The molecule has 0 bridgehead atoms. The summed E-state index contributed by atoms with van der Waals surface area (Å²) in [5, 5.41) is 9.36. The van der Waals surface area contributed by atoms with Crippen molar-refractivity contribution in [2.75, 3.05) is 6.54 Å². The molecule has 1 aromatic carbocycles. The first-order chi connectivity index (χ1) is 10.5. The van der Waals surface area contributed by atoms with Crippen molar-refractivity contribution in [1.82, 2.24) is 19.9 Å². The Balaban J connectivity index is 1.64. The van der Waals surface area contributed by atoms with E-state index in [1.165, 1.54) is 0 Å². The van der Waals surface area contributed by atoms with E-state index in [2.05, 4.69) is 21.5 Å². The van der Waals surface area contributed by atoms with Gasteiger partial charge in [-0.3, -0.25) is 4.79 Å². The van der Waals surface area contributed by atoms with Crippen molar-refractivity contribution in [3.05, 3.63) is 51.8 Å². The summed E-state index contributed by atoms with van der Waals surface area (Å²) in [5.41, 5.74) is 3.98. The number of nitrogens with one attached hydrogen (secondary N) is 1. The highest BCUT2D eigenvalue weighted by atomic mass is 32.1. The number of thiazole rings is 1. The summed E-state index contributed by atoms with van der Waals surface area (Å²) in [4.78, 5) is 17.4. The van der Waals surface area contributed by atoms with Gasteiger partial charge in [0.2, 0.25) is 4.96 Å². The minimum atomic E-state index is -0.0342. The summed E-state index contributed by atoms with van der Waals surface area (Å²) in [6.07, 6.45) is 0.735. The molecule has 2 aromatic heterocycles. The van der Waals surface area contributed by atoms with E-state index in [-0.39, 0.29) is 5.91 Å². The highest BCUT2D eigenvalue weighted by Gasteiger charge is 2.09. The zero-order valence-electron chi connectivity index (χ0n) is 12.9. The van der Waals surface area contributed by atoms with Gasteiger partial charge in [-0.25, -0.2) is 9.50 Å². The van der Waals surface area contributed by atoms with Crippen LogP contribution >= 0.6 is 11.3 Å². The second-order valence-electron chi connectivity index (χ2n) is 5.46. The number of carbonyl (C=O) groups excluding carboxylic acids is 1. The number of benzene rings is 1. The van der Waals surface area contributed by atoms with Crippen molar-refractivity contribution in [3.63, 3.8) is 0 Å². The summed E-state index contributed by atoms with van der Waals surface area (Å²) in [5.74, 6) is 0.736. The van der Waals surface area contributed by atoms with Crippen LogP contribution in [0.25, 0.3) is 4.96 Å². The Kier molecular flexibility index (Phi) is 3.94. The maximum atomic E-state index is 12.2. The number of fused-ring (bicyclic) bond motifs is 1. The molecular weight excluding hydrogens is 296 g/mol. The molecule has 114 valence electrons. The summed E-state index contributed by atoms with van der Waals surface area (Å²) in [7, 11) is 0. The van der Waals surface area contributed by atoms with Crippen molar-refractivity contribution in [1.29, 1.82) is 0 Å². The maximum Gasteiger partial charge on any atom is 0.251 e. The van der Waals surface area contributed by atoms with E-state index < -0.39 is 0 Å². The third kappa shape index (κ3) is 3.01. The Morgan fingerprint density at radius 2 is 1.95 bits per heavy atom. The topological polar surface area (TPSA) is 59.3 Å². The van der Waals surface area contributed by atoms with Crippen LogP contribution in [0.5, 0.6) is 0 Å². The number of nitrogens with zero attached hydrogens (tertiary/aromatic N) is 3. The molecule has 0 fully saturated rings. The van der Waals surface area contributed by atoms with Gasteiger partial charge < -0.3 is 5.32 Å². The molecule has 5 nitrogen and oxygen atoms in total. The molecule has 0 saturated carbocycles. The molecule has 1 N–H and O–H groups in total. The first-order valence-electron chi connectivity index (χ1n) is 7.19. The fourth-order valence-electron chi connectivity index (χ4n) is 2.51. The van der Waals surface area contributed by atoms with E-state index in [1.54, 1.807) is 11.3 Å². The Morgan fingerprint density at radius 3 is 2.68 bits per heavy atom. The van der Waals surface area contributed by atoms with Crippen LogP contribution in [-0.4, -0.2) is 27.0 Å². The molecule has 2 heterocycles. The van der Waals surface area contributed by atoms with E-state index in [4.69, 9.17) is 0 Å². The van der Waals surface area contributed by atoms with Gasteiger partial charge in [0.25, 0.3) is 5.91 Å². The van der Waals surface area contributed by atoms with Gasteiger partial charge in [-0.2, -0.15) is 5.10 Å². The monoisotopic (exact) mass is 314 g/mol. The van der Waals surface area contributed by atoms with Crippen LogP contribution in [0.3, 0.4) is 0 Å². The zero-order valence-corrected chi connectivity index (χ0v) is 13.7. The third-order valence-corrected chi connectivity index (χ3v) is 4.27. The van der Waals surface area contributed by atoms with Crippen LogP contribution in [0.15, 0.2) is 23.6 Å². The standard InChI is InChI=1S/C16H18N4OS/c1-10-6-11(2)8-13(7-10)15(21)17-5-4-14-9-22-16-18-12(3)19-20(14)16/h6-9H,4-5H2,1-3H3,(H,17,21). The van der Waals surface area contributed by atoms with E-state index in [0.29, 0.717) is 12.1 Å². The largest absolute Gasteiger partial charge is 0.352 e. The average Bonchev–Trinajstić information content (AvgIpc) is 2.97. The van der Waals surface area contributed by atoms with Gasteiger partial charge in [0, 0.05) is 23.9 Å². The van der Waals surface area contributed by atoms with Gasteiger partial charge >= 0.3 is 0 Å². The predicted molar refractivity (Wildman–Crippen MR) is 87.6 cm³/mol. The number of aryl methyl sites for hydroxylation is 3. The van der Waals surface area contributed by atoms with E-state index in [1.807, 2.05) is 42.8 Å². The first kappa shape index (κ1) is 14.7. The lowest BCUT2D eigenvalue weighted by Gasteiger charge is -2.06. The van der Waals surface area contributed by atoms with Gasteiger partial charge in [0.1, 0.15) is 5.82 Å². The van der Waals surface area contributed by atoms with Gasteiger partial charge in [-0.15, -0.1) is 11.3 Å². The van der Waals surface area contributed by atoms with Crippen molar-refractivity contribution >= 4 is 22.2 Å². The molecule has 0 aliphatic carbocycles. The molecule has 0 unspecified atom stereocenters. The molecule has 0 atom stereocenters. The normalized spacial score (nSPS) is 11.0. The number of hydrogen-bond donors (Lipinski definition) is 1. The molecule has 6 heteroatoms. The molecule has 0 saturated heterocycles. The van der Waals surface area contributed by atoms with Gasteiger partial charge in [0.15, 0.2) is 0 Å². The number of hydrogen-bond acceptors (Lipinski definition) is 4. The minimum absolute atomic E-state index is 0.0342. The fourth-order valence-corrected chi connectivity index (χ4v) is 3.41. The van der Waals surface area contributed by atoms with Crippen LogP contribution < -0.4 is 5.32 Å². The van der Waals surface area contributed by atoms with Gasteiger partial charge in [-0.05, 0) is 32.9 Å². The van der Waals surface area contributed by atoms with Crippen molar-refractivity contribution < 1.29 is 4.79 Å². The number of aromatic nitrogens is 3. The summed E-state index contributed by atoms with van der Waals surface area (Å²) in [6, 6.07) is 5.88. The molecule has 0 aliphatic heterocycles. The summed E-state index contributed by atoms with van der Waals surface area (Å²) < 4.78 is 1.85. The molecule has 3 aromatic rings. The minimum Gasteiger partial charge on any atom is -0.352 e. The molecule has 22 heavy (non-hydrogen) atoms. The average molecular weight is 314 g/mol. The number of amides is 1. The molecule has 3 rings (SSSR count). The summed E-state index contributed by atoms with van der Waals surface area (Å²) >= 11 is 1.57. The smallest absolute Gasteiger partial charge is 0.251 e. The summed E-state index contributed by atoms with van der Waals surface area (Å²) in [6.45, 7) is 6.46. The third-order valence-electron chi connectivity index (χ3n) is 3.41. The second-order valence-corrected chi connectivity index (χ2v) is 6.30. The van der Waals surface area contributed by atoms with Gasteiger partial charge in [-0.1, -0.05) is 17.2 Å². The van der Waals surface area contributed by atoms with E-state index >= 15 is 0 Å². The Hall–Kier alpha value is -2.21. The maximum absolute atomic E-state index is 12.2. The molecule has 0 radical (unpaired) electrons. The van der Waals surface area contributed by atoms with Crippen LogP contribution in [-0.2, 0) is 6.42 Å². The SMILES string of the molecule is Cc1cc(C)cc(C(=O)NCCc2csc3nc(C)nn23)c1. The zero-order chi connectivity index (χ0) is 15.7. The highest BCUT2D eigenvalue weighted by Crippen LogP contribution is 2.14. The van der Waals surface area contributed by atoms with Crippen LogP contribution in [0.4, 0.5) is 0 Å². The quantitative estimate of drug-likeness (QED) is 0.805. The lowest BCUT2D eigenvalue weighted by Crippen LogP contribution is -2.26. The Bertz CT molecular complexity index is 814. The lowest BCUT2D eigenvalue weighted by molar-refractivity contribution is 0.0954.